The Labute approximate surface area is 160 Å². The monoisotopic (exact) mass is 384 g/mol. The molecule has 27 heavy (non-hydrogen) atoms. The largest absolute Gasteiger partial charge is 0.497 e. The summed E-state index contributed by atoms with van der Waals surface area (Å²) in [6, 6.07) is 7.65. The van der Waals surface area contributed by atoms with Crippen LogP contribution < -0.4 is 9.47 Å². The summed E-state index contributed by atoms with van der Waals surface area (Å²) in [6.45, 7) is 4.34. The lowest BCUT2D eigenvalue weighted by atomic mass is 10.1. The zero-order valence-electron chi connectivity index (χ0n) is 15.6. The molecule has 3 heterocycles. The summed E-state index contributed by atoms with van der Waals surface area (Å²) in [5, 5.41) is 21.4. The minimum Gasteiger partial charge on any atom is -0.497 e. The molecule has 0 atom stereocenters. The summed E-state index contributed by atoms with van der Waals surface area (Å²) in [4.78, 5) is 0.700. The van der Waals surface area contributed by atoms with Gasteiger partial charge in [-0.2, -0.15) is 14.7 Å². The van der Waals surface area contributed by atoms with Gasteiger partial charge in [-0.1, -0.05) is 25.2 Å². The Morgan fingerprint density at radius 3 is 2.74 bits per heavy atom. The number of aromatic nitrogens is 6. The van der Waals surface area contributed by atoms with Crippen LogP contribution in [0.15, 0.2) is 24.3 Å². The fourth-order valence-corrected chi connectivity index (χ4v) is 3.75. The van der Waals surface area contributed by atoms with E-state index in [4.69, 9.17) is 9.47 Å². The van der Waals surface area contributed by atoms with Crippen LogP contribution in [0.5, 0.6) is 11.5 Å². The molecule has 3 aromatic heterocycles. The molecule has 0 bridgehead atoms. The van der Waals surface area contributed by atoms with Crippen molar-refractivity contribution in [3.05, 3.63) is 30.0 Å². The van der Waals surface area contributed by atoms with Crippen molar-refractivity contribution in [1.82, 2.24) is 30.0 Å². The van der Waals surface area contributed by atoms with Crippen molar-refractivity contribution in [2.24, 2.45) is 5.92 Å². The van der Waals surface area contributed by atoms with E-state index in [0.29, 0.717) is 22.5 Å². The average Bonchev–Trinajstić information content (AvgIpc) is 3.36. The summed E-state index contributed by atoms with van der Waals surface area (Å²) < 4.78 is 12.5. The van der Waals surface area contributed by atoms with Crippen LogP contribution in [-0.4, -0.2) is 44.2 Å². The molecule has 0 saturated heterocycles. The van der Waals surface area contributed by atoms with Crippen molar-refractivity contribution in [1.29, 1.82) is 0 Å². The van der Waals surface area contributed by atoms with Crippen LogP contribution in [0.1, 0.15) is 19.5 Å². The Balaban J connectivity index is 1.73. The Bertz CT molecular complexity index is 1080. The van der Waals surface area contributed by atoms with Gasteiger partial charge in [0.1, 0.15) is 17.2 Å². The lowest BCUT2D eigenvalue weighted by Crippen LogP contribution is -1.93. The SMILES string of the molecule is COc1ccc(-c2nn3c(-c4cc(CC(C)C)[nH]n4)nnc3s2)c(OC)c1. The highest BCUT2D eigenvalue weighted by Crippen LogP contribution is 2.36. The van der Waals surface area contributed by atoms with Gasteiger partial charge in [0.05, 0.1) is 19.8 Å². The molecule has 1 N–H and O–H groups in total. The number of hydrogen-bond donors (Lipinski definition) is 1. The fraction of sp³-hybridized carbons (Fsp3) is 0.333. The average molecular weight is 384 g/mol. The molecule has 140 valence electrons. The maximum Gasteiger partial charge on any atom is 0.235 e. The van der Waals surface area contributed by atoms with E-state index in [9.17, 15) is 0 Å². The first kappa shape index (κ1) is 17.5. The highest BCUT2D eigenvalue weighted by Gasteiger charge is 2.19. The minimum absolute atomic E-state index is 0.546. The standard InChI is InChI=1S/C18H20N6O2S/c1-10(2)7-11-8-14(20-19-11)16-21-22-18-24(16)23-17(27-18)13-6-5-12(25-3)9-15(13)26-4/h5-6,8-10H,7H2,1-4H3,(H,19,20). The van der Waals surface area contributed by atoms with E-state index >= 15 is 0 Å². The summed E-state index contributed by atoms with van der Waals surface area (Å²) in [5.74, 6) is 2.59. The number of methoxy groups -OCH3 is 2. The van der Waals surface area contributed by atoms with Gasteiger partial charge in [0.15, 0.2) is 5.01 Å². The van der Waals surface area contributed by atoms with Crippen LogP contribution in [0.25, 0.3) is 27.1 Å². The number of rotatable bonds is 6. The molecular formula is C18H20N6O2S. The number of nitrogens with zero attached hydrogens (tertiary/aromatic N) is 5. The van der Waals surface area contributed by atoms with Crippen molar-refractivity contribution >= 4 is 16.3 Å². The van der Waals surface area contributed by atoms with Crippen LogP contribution in [0.3, 0.4) is 0 Å². The van der Waals surface area contributed by atoms with Gasteiger partial charge in [-0.05, 0) is 30.5 Å². The first-order chi connectivity index (χ1) is 13.1. The first-order valence-corrected chi connectivity index (χ1v) is 9.40. The molecule has 1 aromatic carbocycles. The van der Waals surface area contributed by atoms with Crippen molar-refractivity contribution < 1.29 is 9.47 Å². The molecule has 8 nitrogen and oxygen atoms in total. The fourth-order valence-electron chi connectivity index (χ4n) is 2.88. The Morgan fingerprint density at radius 1 is 1.15 bits per heavy atom. The Morgan fingerprint density at radius 2 is 2.00 bits per heavy atom. The van der Waals surface area contributed by atoms with Gasteiger partial charge in [-0.25, -0.2) is 0 Å². The molecule has 0 spiro atoms. The van der Waals surface area contributed by atoms with Gasteiger partial charge in [-0.3, -0.25) is 5.10 Å². The number of hydrogen-bond acceptors (Lipinski definition) is 7. The molecule has 4 aromatic rings. The second-order valence-electron chi connectivity index (χ2n) is 6.57. The number of fused-ring (bicyclic) bond motifs is 1. The molecule has 0 unspecified atom stereocenters. The third-order valence-electron chi connectivity index (χ3n) is 4.12. The molecule has 0 saturated carbocycles. The molecule has 0 aliphatic heterocycles. The van der Waals surface area contributed by atoms with Gasteiger partial charge in [-0.15, -0.1) is 10.2 Å². The second-order valence-corrected chi connectivity index (χ2v) is 7.52. The van der Waals surface area contributed by atoms with Gasteiger partial charge in [0.25, 0.3) is 0 Å². The Kier molecular flexibility index (Phi) is 4.53. The topological polar surface area (TPSA) is 90.2 Å². The Hall–Kier alpha value is -2.94. The highest BCUT2D eigenvalue weighted by molar-refractivity contribution is 7.19. The molecule has 4 rings (SSSR count). The predicted molar refractivity (Wildman–Crippen MR) is 103 cm³/mol. The molecule has 0 aliphatic rings. The summed E-state index contributed by atoms with van der Waals surface area (Å²) >= 11 is 1.45. The summed E-state index contributed by atoms with van der Waals surface area (Å²) in [7, 11) is 3.26. The zero-order chi connectivity index (χ0) is 19.0. The zero-order valence-corrected chi connectivity index (χ0v) is 16.4. The number of benzene rings is 1. The lowest BCUT2D eigenvalue weighted by Gasteiger charge is -2.07. The third kappa shape index (κ3) is 3.25. The molecule has 0 aliphatic carbocycles. The van der Waals surface area contributed by atoms with Crippen LogP contribution in [0.4, 0.5) is 0 Å². The maximum atomic E-state index is 5.49. The number of nitrogens with one attached hydrogen (secondary N) is 1. The van der Waals surface area contributed by atoms with Crippen molar-refractivity contribution in [3.8, 4) is 33.6 Å². The van der Waals surface area contributed by atoms with Crippen molar-refractivity contribution in [2.45, 2.75) is 20.3 Å². The van der Waals surface area contributed by atoms with Crippen LogP contribution in [-0.2, 0) is 6.42 Å². The predicted octanol–water partition coefficient (Wildman–Crippen LogP) is 3.46. The number of H-pyrrole nitrogens is 1. The number of aromatic amines is 1. The van der Waals surface area contributed by atoms with Gasteiger partial charge >= 0.3 is 0 Å². The molecule has 9 heteroatoms. The molecule has 0 radical (unpaired) electrons. The number of ether oxygens (including phenoxy) is 2. The van der Waals surface area contributed by atoms with Gasteiger partial charge in [0.2, 0.25) is 10.8 Å². The van der Waals surface area contributed by atoms with E-state index in [2.05, 4.69) is 39.3 Å². The second kappa shape index (κ2) is 6.99. The molecule has 0 fully saturated rings. The normalized spacial score (nSPS) is 11.4. The van der Waals surface area contributed by atoms with E-state index < -0.39 is 0 Å². The minimum atomic E-state index is 0.546. The maximum absolute atomic E-state index is 5.49. The van der Waals surface area contributed by atoms with E-state index in [1.165, 1.54) is 11.3 Å². The van der Waals surface area contributed by atoms with E-state index in [-0.39, 0.29) is 0 Å². The smallest absolute Gasteiger partial charge is 0.235 e. The third-order valence-corrected chi connectivity index (χ3v) is 5.05. The summed E-state index contributed by atoms with van der Waals surface area (Å²) in [6.07, 6.45) is 0.931. The van der Waals surface area contributed by atoms with Crippen LogP contribution in [0, 0.1) is 5.92 Å². The summed E-state index contributed by atoms with van der Waals surface area (Å²) in [5.41, 5.74) is 2.68. The van der Waals surface area contributed by atoms with Crippen LogP contribution in [0.2, 0.25) is 0 Å². The van der Waals surface area contributed by atoms with Crippen molar-refractivity contribution in [3.63, 3.8) is 0 Å². The van der Waals surface area contributed by atoms with Gasteiger partial charge < -0.3 is 9.47 Å². The van der Waals surface area contributed by atoms with E-state index in [1.54, 1.807) is 18.7 Å². The lowest BCUT2D eigenvalue weighted by molar-refractivity contribution is 0.395. The van der Waals surface area contributed by atoms with Crippen LogP contribution >= 0.6 is 11.3 Å². The highest BCUT2D eigenvalue weighted by atomic mass is 32.1. The molecule has 0 amide bonds. The van der Waals surface area contributed by atoms with Gasteiger partial charge in [0, 0.05) is 11.8 Å². The van der Waals surface area contributed by atoms with Crippen molar-refractivity contribution in [2.75, 3.05) is 14.2 Å². The van der Waals surface area contributed by atoms with E-state index in [0.717, 1.165) is 34.1 Å². The quantitative estimate of drug-likeness (QED) is 0.547. The van der Waals surface area contributed by atoms with E-state index in [1.807, 2.05) is 24.3 Å². The first-order valence-electron chi connectivity index (χ1n) is 8.58. The molecular weight excluding hydrogens is 364 g/mol.